The van der Waals surface area contributed by atoms with E-state index in [9.17, 15) is 0 Å². The number of nitrogens with zero attached hydrogens (tertiary/aromatic N) is 4. The zero-order chi connectivity index (χ0) is 18.5. The Kier molecular flexibility index (Phi) is 6.81. The second-order valence-corrected chi connectivity index (χ2v) is 9.02. The molecule has 1 aromatic heterocycles. The molecule has 1 aromatic carbocycles. The topological polar surface area (TPSA) is 22.6 Å². The molecule has 0 atom stereocenters. The van der Waals surface area contributed by atoms with Gasteiger partial charge in [0.2, 0.25) is 0 Å². The van der Waals surface area contributed by atoms with Crippen molar-refractivity contribution in [1.29, 1.82) is 0 Å². The number of piperazine rings is 1. The fraction of sp³-hybridized carbons (Fsp3) is 0.571. The lowest BCUT2D eigenvalue weighted by Gasteiger charge is -2.35. The maximum Gasteiger partial charge on any atom is 0.0904 e. The second kappa shape index (κ2) is 9.09. The molecule has 4 nitrogen and oxygen atoms in total. The average Bonchev–Trinajstić information content (AvgIpc) is 2.95. The quantitative estimate of drug-likeness (QED) is 0.742. The molecule has 142 valence electrons. The Bertz CT molecular complexity index is 685. The lowest BCUT2D eigenvalue weighted by molar-refractivity contribution is 0.124. The molecule has 1 aliphatic rings. The van der Waals surface area contributed by atoms with Crippen LogP contribution in [-0.4, -0.2) is 73.0 Å². The van der Waals surface area contributed by atoms with Crippen molar-refractivity contribution < 1.29 is 0 Å². The highest BCUT2D eigenvalue weighted by Gasteiger charge is 2.16. The average molecular weight is 373 g/mol. The third-order valence-electron chi connectivity index (χ3n) is 5.08. The molecular weight excluding hydrogens is 340 g/mol. The largest absolute Gasteiger partial charge is 0.309 e. The monoisotopic (exact) mass is 372 g/mol. The third-order valence-corrected chi connectivity index (χ3v) is 5.97. The van der Waals surface area contributed by atoms with Gasteiger partial charge in [-0.3, -0.25) is 4.90 Å². The number of benzene rings is 1. The molecule has 0 N–H and O–H groups in total. The van der Waals surface area contributed by atoms with E-state index in [0.717, 1.165) is 17.2 Å². The smallest absolute Gasteiger partial charge is 0.0904 e. The van der Waals surface area contributed by atoms with Crippen LogP contribution in [0.15, 0.2) is 24.3 Å². The van der Waals surface area contributed by atoms with Crippen LogP contribution in [0.25, 0.3) is 11.3 Å². The number of thiazole rings is 1. The normalized spacial score (nSPS) is 16.5. The highest BCUT2D eigenvalue weighted by Crippen LogP contribution is 2.27. The molecule has 0 amide bonds. The van der Waals surface area contributed by atoms with E-state index in [1.807, 2.05) is 0 Å². The van der Waals surface area contributed by atoms with Gasteiger partial charge in [0.15, 0.2) is 0 Å². The summed E-state index contributed by atoms with van der Waals surface area (Å²) in [5, 5.41) is 1.14. The van der Waals surface area contributed by atoms with Gasteiger partial charge in [-0.15, -0.1) is 11.3 Å². The maximum atomic E-state index is 4.67. The Morgan fingerprint density at radius 3 is 2.23 bits per heavy atom. The van der Waals surface area contributed by atoms with Crippen LogP contribution in [0.2, 0.25) is 0 Å². The highest BCUT2D eigenvalue weighted by molar-refractivity contribution is 7.11. The zero-order valence-corrected chi connectivity index (χ0v) is 17.5. The molecular formula is C21H32N4S. The van der Waals surface area contributed by atoms with Gasteiger partial charge in [-0.2, -0.15) is 0 Å². The summed E-state index contributed by atoms with van der Waals surface area (Å²) in [6.45, 7) is 12.5. The number of aromatic nitrogens is 1. The maximum absolute atomic E-state index is 4.67. The van der Waals surface area contributed by atoms with Crippen LogP contribution in [0.5, 0.6) is 0 Å². The SMILES string of the molecule is Cc1nc(-c2ccc(CN3CCN(CCCN(C)C)CC3)cc2)c(C)s1. The third kappa shape index (κ3) is 5.36. The van der Waals surface area contributed by atoms with E-state index in [1.165, 1.54) is 61.7 Å². The molecule has 0 saturated carbocycles. The predicted octanol–water partition coefficient (Wildman–Crippen LogP) is 3.50. The van der Waals surface area contributed by atoms with Crippen LogP contribution < -0.4 is 0 Å². The number of hydrogen-bond donors (Lipinski definition) is 0. The van der Waals surface area contributed by atoms with E-state index in [4.69, 9.17) is 0 Å². The van der Waals surface area contributed by atoms with Crippen LogP contribution in [-0.2, 0) is 6.54 Å². The van der Waals surface area contributed by atoms with Crippen molar-refractivity contribution in [3.63, 3.8) is 0 Å². The van der Waals surface area contributed by atoms with Crippen LogP contribution in [0.1, 0.15) is 21.9 Å². The highest BCUT2D eigenvalue weighted by atomic mass is 32.1. The molecule has 0 bridgehead atoms. The van der Waals surface area contributed by atoms with E-state index in [1.54, 1.807) is 11.3 Å². The lowest BCUT2D eigenvalue weighted by Crippen LogP contribution is -2.46. The molecule has 1 aliphatic heterocycles. The van der Waals surface area contributed by atoms with Crippen LogP contribution in [0, 0.1) is 13.8 Å². The van der Waals surface area contributed by atoms with Crippen molar-refractivity contribution in [2.45, 2.75) is 26.8 Å². The molecule has 2 heterocycles. The second-order valence-electron chi connectivity index (χ2n) is 7.61. The Morgan fingerprint density at radius 1 is 1.00 bits per heavy atom. The van der Waals surface area contributed by atoms with Gasteiger partial charge in [0.05, 0.1) is 10.7 Å². The summed E-state index contributed by atoms with van der Waals surface area (Å²) in [6.07, 6.45) is 1.27. The number of hydrogen-bond acceptors (Lipinski definition) is 5. The summed E-state index contributed by atoms with van der Waals surface area (Å²) in [4.78, 5) is 13.4. The van der Waals surface area contributed by atoms with Gasteiger partial charge in [-0.1, -0.05) is 24.3 Å². The Hall–Kier alpha value is -1.27. The predicted molar refractivity (Wildman–Crippen MR) is 112 cm³/mol. The van der Waals surface area contributed by atoms with Crippen LogP contribution in [0.4, 0.5) is 0 Å². The van der Waals surface area contributed by atoms with Crippen molar-refractivity contribution >= 4 is 11.3 Å². The van der Waals surface area contributed by atoms with Gasteiger partial charge in [-0.25, -0.2) is 4.98 Å². The minimum Gasteiger partial charge on any atom is -0.309 e. The van der Waals surface area contributed by atoms with Gasteiger partial charge < -0.3 is 9.80 Å². The zero-order valence-electron chi connectivity index (χ0n) is 16.7. The van der Waals surface area contributed by atoms with Gasteiger partial charge in [0.25, 0.3) is 0 Å². The molecule has 0 unspecified atom stereocenters. The number of rotatable bonds is 7. The van der Waals surface area contributed by atoms with Crippen LogP contribution in [0.3, 0.4) is 0 Å². The minimum absolute atomic E-state index is 1.06. The first-order valence-corrected chi connectivity index (χ1v) is 10.5. The first-order chi connectivity index (χ1) is 12.5. The fourth-order valence-corrected chi connectivity index (χ4v) is 4.44. The molecule has 0 radical (unpaired) electrons. The van der Waals surface area contributed by atoms with Gasteiger partial charge in [0.1, 0.15) is 0 Å². The summed E-state index contributed by atoms with van der Waals surface area (Å²) in [5.41, 5.74) is 3.78. The molecule has 0 aliphatic carbocycles. The standard InChI is InChI=1S/C21H32N4S/c1-17-21(22-18(2)26-17)20-8-6-19(7-9-20)16-25-14-12-24(13-15-25)11-5-10-23(3)4/h6-9H,5,10-16H2,1-4H3. The van der Waals surface area contributed by atoms with Crippen molar-refractivity contribution in [2.75, 3.05) is 53.4 Å². The minimum atomic E-state index is 1.06. The van der Waals surface area contributed by atoms with E-state index < -0.39 is 0 Å². The van der Waals surface area contributed by atoms with E-state index in [-0.39, 0.29) is 0 Å². The summed E-state index contributed by atoms with van der Waals surface area (Å²) < 4.78 is 0. The summed E-state index contributed by atoms with van der Waals surface area (Å²) >= 11 is 1.78. The molecule has 2 aromatic rings. The summed E-state index contributed by atoms with van der Waals surface area (Å²) in [5.74, 6) is 0. The van der Waals surface area contributed by atoms with Crippen LogP contribution >= 0.6 is 11.3 Å². The molecule has 3 rings (SSSR count). The molecule has 5 heteroatoms. The molecule has 0 spiro atoms. The first kappa shape index (κ1) is 19.5. The van der Waals surface area contributed by atoms with E-state index in [2.05, 4.69) is 71.9 Å². The molecule has 1 fully saturated rings. The van der Waals surface area contributed by atoms with Crippen molar-refractivity contribution in [1.82, 2.24) is 19.7 Å². The van der Waals surface area contributed by atoms with Gasteiger partial charge >= 0.3 is 0 Å². The van der Waals surface area contributed by atoms with E-state index >= 15 is 0 Å². The van der Waals surface area contributed by atoms with Gasteiger partial charge in [-0.05, 0) is 53.0 Å². The Morgan fingerprint density at radius 2 is 1.65 bits per heavy atom. The number of aryl methyl sites for hydroxylation is 2. The molecule has 26 heavy (non-hydrogen) atoms. The molecule has 1 saturated heterocycles. The van der Waals surface area contributed by atoms with Crippen molar-refractivity contribution in [3.05, 3.63) is 39.7 Å². The lowest BCUT2D eigenvalue weighted by atomic mass is 10.1. The first-order valence-electron chi connectivity index (χ1n) is 9.64. The Labute approximate surface area is 162 Å². The summed E-state index contributed by atoms with van der Waals surface area (Å²) in [7, 11) is 4.31. The van der Waals surface area contributed by atoms with Crippen molar-refractivity contribution in [2.24, 2.45) is 0 Å². The fourth-order valence-electron chi connectivity index (χ4n) is 3.60. The summed E-state index contributed by atoms with van der Waals surface area (Å²) in [6, 6.07) is 9.00. The van der Waals surface area contributed by atoms with Gasteiger partial charge in [0, 0.05) is 43.2 Å². The Balaban J connectivity index is 1.47. The van der Waals surface area contributed by atoms with E-state index in [0.29, 0.717) is 0 Å². The van der Waals surface area contributed by atoms with Crippen molar-refractivity contribution in [3.8, 4) is 11.3 Å².